The van der Waals surface area contributed by atoms with Crippen LogP contribution in [0.25, 0.3) is 22.3 Å². The first-order valence-electron chi connectivity index (χ1n) is 10.9. The molecule has 178 valence electrons. The van der Waals surface area contributed by atoms with Crippen LogP contribution in [0.1, 0.15) is 29.9 Å². The highest BCUT2D eigenvalue weighted by Crippen LogP contribution is 2.39. The lowest BCUT2D eigenvalue weighted by atomic mass is 10.1. The van der Waals surface area contributed by atoms with Crippen LogP contribution >= 0.6 is 0 Å². The summed E-state index contributed by atoms with van der Waals surface area (Å²) in [5.41, 5.74) is 0.986. The summed E-state index contributed by atoms with van der Waals surface area (Å²) >= 11 is 0. The lowest BCUT2D eigenvalue weighted by Crippen LogP contribution is -2.38. The van der Waals surface area contributed by atoms with Gasteiger partial charge in [-0.05, 0) is 45.4 Å². The molecule has 34 heavy (non-hydrogen) atoms. The van der Waals surface area contributed by atoms with Crippen molar-refractivity contribution >= 4 is 28.5 Å². The van der Waals surface area contributed by atoms with E-state index in [0.717, 1.165) is 25.6 Å². The van der Waals surface area contributed by atoms with Gasteiger partial charge in [0.1, 0.15) is 28.4 Å². The van der Waals surface area contributed by atoms with E-state index in [1.807, 2.05) is 0 Å². The number of nitrogens with zero attached hydrogens (tertiary/aromatic N) is 4. The molecule has 12 heteroatoms. The van der Waals surface area contributed by atoms with Crippen LogP contribution in [0.5, 0.6) is 0 Å². The molecule has 0 saturated carbocycles. The van der Waals surface area contributed by atoms with Gasteiger partial charge in [-0.1, -0.05) is 5.16 Å². The number of anilines is 3. The largest absolute Gasteiger partial charge is 0.419 e. The Labute approximate surface area is 192 Å². The number of rotatable bonds is 5. The summed E-state index contributed by atoms with van der Waals surface area (Å²) in [7, 11) is 0. The summed E-state index contributed by atoms with van der Waals surface area (Å²) in [5.74, 6) is 1.27. The fraction of sp³-hybridized carbons (Fsp3) is 0.364. The van der Waals surface area contributed by atoms with Crippen molar-refractivity contribution in [3.05, 3.63) is 41.5 Å². The Morgan fingerprint density at radius 2 is 2.03 bits per heavy atom. The number of piperidine rings is 1. The van der Waals surface area contributed by atoms with Gasteiger partial charge in [0.05, 0.1) is 5.69 Å². The normalized spacial score (nSPS) is 16.7. The number of aromatic nitrogens is 5. The van der Waals surface area contributed by atoms with E-state index in [-0.39, 0.29) is 17.7 Å². The van der Waals surface area contributed by atoms with Gasteiger partial charge in [0.25, 0.3) is 0 Å². The quantitative estimate of drug-likeness (QED) is 0.334. The second-order valence-corrected chi connectivity index (χ2v) is 8.26. The number of aromatic amines is 1. The van der Waals surface area contributed by atoms with Crippen molar-refractivity contribution in [3.63, 3.8) is 0 Å². The Hall–Kier alpha value is -3.67. The minimum Gasteiger partial charge on any atom is -0.359 e. The minimum atomic E-state index is -4.61. The summed E-state index contributed by atoms with van der Waals surface area (Å²) in [4.78, 5) is 15.7. The van der Waals surface area contributed by atoms with Gasteiger partial charge in [0.15, 0.2) is 5.76 Å². The van der Waals surface area contributed by atoms with Gasteiger partial charge in [-0.15, -0.1) is 0 Å². The molecule has 0 spiro atoms. The summed E-state index contributed by atoms with van der Waals surface area (Å²) in [6.45, 7) is 5.20. The Kier molecular flexibility index (Phi) is 5.60. The average Bonchev–Trinajstić information content (AvgIpc) is 3.37. The first-order valence-corrected chi connectivity index (χ1v) is 10.9. The molecule has 1 aliphatic heterocycles. The predicted octanol–water partition coefficient (Wildman–Crippen LogP) is 4.55. The molecule has 0 unspecified atom stereocenters. The molecule has 1 atom stereocenters. The molecule has 0 aromatic carbocycles. The molecule has 4 aromatic rings. The second kappa shape index (κ2) is 8.60. The highest BCUT2D eigenvalue weighted by molar-refractivity contribution is 5.94. The molecule has 0 amide bonds. The third-order valence-electron chi connectivity index (χ3n) is 5.80. The molecule has 0 aliphatic carbocycles. The van der Waals surface area contributed by atoms with E-state index in [4.69, 9.17) is 4.52 Å². The van der Waals surface area contributed by atoms with E-state index in [1.54, 1.807) is 26.0 Å². The number of nitrogens with one attached hydrogen (secondary N) is 4. The Balaban J connectivity index is 1.51. The van der Waals surface area contributed by atoms with Crippen LogP contribution in [0.3, 0.4) is 0 Å². The maximum absolute atomic E-state index is 13.8. The monoisotopic (exact) mass is 472 g/mol. The fourth-order valence-electron chi connectivity index (χ4n) is 4.08. The molecule has 4 N–H and O–H groups in total. The Morgan fingerprint density at radius 3 is 2.74 bits per heavy atom. The summed E-state index contributed by atoms with van der Waals surface area (Å²) < 4.78 is 46.6. The lowest BCUT2D eigenvalue weighted by Gasteiger charge is -2.24. The maximum atomic E-state index is 13.8. The van der Waals surface area contributed by atoms with Crippen molar-refractivity contribution in [2.45, 2.75) is 38.9 Å². The van der Waals surface area contributed by atoms with Gasteiger partial charge in [-0.25, -0.2) is 15.0 Å². The number of alkyl halides is 3. The van der Waals surface area contributed by atoms with Gasteiger partial charge < -0.3 is 25.5 Å². The molecule has 1 aliphatic rings. The highest BCUT2D eigenvalue weighted by Gasteiger charge is 2.36. The van der Waals surface area contributed by atoms with Crippen LogP contribution in [-0.2, 0) is 6.18 Å². The summed E-state index contributed by atoms with van der Waals surface area (Å²) in [6, 6.07) is 3.45. The SMILES string of the molecule is Cc1noc(C)c1Nc1ccc2c(-c3nc(N[C@H]4CCCNC4)ncc3C(F)(F)F)c[nH]c2n1. The van der Waals surface area contributed by atoms with Crippen molar-refractivity contribution in [2.75, 3.05) is 23.7 Å². The van der Waals surface area contributed by atoms with Gasteiger partial charge >= 0.3 is 6.18 Å². The van der Waals surface area contributed by atoms with E-state index >= 15 is 0 Å². The van der Waals surface area contributed by atoms with Crippen molar-refractivity contribution in [3.8, 4) is 11.3 Å². The molecule has 0 radical (unpaired) electrons. The van der Waals surface area contributed by atoms with Crippen LogP contribution < -0.4 is 16.0 Å². The Morgan fingerprint density at radius 1 is 1.18 bits per heavy atom. The predicted molar refractivity (Wildman–Crippen MR) is 121 cm³/mol. The molecular weight excluding hydrogens is 449 g/mol. The number of H-pyrrole nitrogens is 1. The van der Waals surface area contributed by atoms with Crippen molar-refractivity contribution < 1.29 is 17.7 Å². The number of pyridine rings is 1. The Bertz CT molecular complexity index is 1300. The van der Waals surface area contributed by atoms with Crippen LogP contribution in [0.4, 0.5) is 30.6 Å². The number of fused-ring (bicyclic) bond motifs is 1. The van der Waals surface area contributed by atoms with Crippen molar-refractivity contribution in [1.82, 2.24) is 30.4 Å². The van der Waals surface area contributed by atoms with Gasteiger partial charge in [0, 0.05) is 35.9 Å². The molecule has 1 saturated heterocycles. The zero-order chi connectivity index (χ0) is 23.9. The number of hydrogen-bond donors (Lipinski definition) is 4. The smallest absolute Gasteiger partial charge is 0.359 e. The molecular formula is C22H23F3N8O. The number of hydrogen-bond acceptors (Lipinski definition) is 8. The molecule has 9 nitrogen and oxygen atoms in total. The topological polar surface area (TPSA) is 117 Å². The molecule has 5 rings (SSSR count). The van der Waals surface area contributed by atoms with Crippen LogP contribution in [0.2, 0.25) is 0 Å². The van der Waals surface area contributed by atoms with Crippen LogP contribution in [-0.4, -0.2) is 44.2 Å². The summed E-state index contributed by atoms with van der Waals surface area (Å²) in [6.07, 6.45) is -0.419. The van der Waals surface area contributed by atoms with E-state index in [1.165, 1.54) is 6.20 Å². The third-order valence-corrected chi connectivity index (χ3v) is 5.80. The molecule has 4 aromatic heterocycles. The van der Waals surface area contributed by atoms with E-state index in [9.17, 15) is 13.2 Å². The first-order chi connectivity index (χ1) is 16.3. The van der Waals surface area contributed by atoms with E-state index < -0.39 is 11.7 Å². The first kappa shape index (κ1) is 22.1. The average molecular weight is 472 g/mol. The maximum Gasteiger partial charge on any atom is 0.419 e. The molecule has 0 bridgehead atoms. The highest BCUT2D eigenvalue weighted by atomic mass is 19.4. The standard InChI is InChI=1S/C22H23F3N8O/c1-11-18(12(2)34-33-11)30-17-6-5-14-15(9-27-20(14)31-17)19-16(22(23,24)25)10-28-21(32-19)29-13-4-3-7-26-8-13/h5-6,9-10,13,26H,3-4,7-8H2,1-2H3,(H2,27,30,31)(H,28,29,32)/t13-/m0/s1. The minimum absolute atomic E-state index is 0.0564. The molecule has 1 fully saturated rings. The van der Waals surface area contributed by atoms with Gasteiger partial charge in [-0.2, -0.15) is 13.2 Å². The zero-order valence-corrected chi connectivity index (χ0v) is 18.5. The van der Waals surface area contributed by atoms with Crippen molar-refractivity contribution in [1.29, 1.82) is 0 Å². The van der Waals surface area contributed by atoms with Gasteiger partial charge in [0.2, 0.25) is 5.95 Å². The number of halogens is 3. The molecule has 5 heterocycles. The lowest BCUT2D eigenvalue weighted by molar-refractivity contribution is -0.137. The van der Waals surface area contributed by atoms with E-state index in [0.29, 0.717) is 46.1 Å². The fourth-order valence-corrected chi connectivity index (χ4v) is 4.08. The van der Waals surface area contributed by atoms with E-state index in [2.05, 4.69) is 41.0 Å². The van der Waals surface area contributed by atoms with Crippen LogP contribution in [0.15, 0.2) is 29.0 Å². The second-order valence-electron chi connectivity index (χ2n) is 8.26. The van der Waals surface area contributed by atoms with Crippen LogP contribution in [0, 0.1) is 13.8 Å². The summed E-state index contributed by atoms with van der Waals surface area (Å²) in [5, 5.41) is 14.0. The van der Waals surface area contributed by atoms with Crippen molar-refractivity contribution in [2.24, 2.45) is 0 Å². The number of aryl methyl sites for hydroxylation is 2. The van der Waals surface area contributed by atoms with Gasteiger partial charge in [-0.3, -0.25) is 0 Å². The third kappa shape index (κ3) is 4.28. The zero-order valence-electron chi connectivity index (χ0n) is 18.5.